The van der Waals surface area contributed by atoms with Crippen molar-refractivity contribution in [3.05, 3.63) is 0 Å². The van der Waals surface area contributed by atoms with Crippen LogP contribution in [0.2, 0.25) is 0 Å². The highest BCUT2D eigenvalue weighted by Crippen LogP contribution is 2.68. The van der Waals surface area contributed by atoms with Crippen LogP contribution in [0.1, 0.15) is 97.8 Å². The molecule has 0 aromatic rings. The lowest BCUT2D eigenvalue weighted by Gasteiger charge is -2.61. The highest BCUT2D eigenvalue weighted by molar-refractivity contribution is 5.09. The van der Waals surface area contributed by atoms with Crippen molar-refractivity contribution in [3.63, 3.8) is 0 Å². The second-order valence-electron chi connectivity index (χ2n) is 11.0. The molecule has 4 saturated carbocycles. The third-order valence-corrected chi connectivity index (χ3v) is 10.2. The predicted octanol–water partition coefficient (Wildman–Crippen LogP) is 6.44. The maximum absolute atomic E-state index is 9.25. The summed E-state index contributed by atoms with van der Waals surface area (Å²) < 4.78 is 0. The lowest BCUT2D eigenvalue weighted by Crippen LogP contribution is -2.53. The quantitative estimate of drug-likeness (QED) is 0.620. The number of hydrogen-bond donors (Lipinski definition) is 1. The first kappa shape index (κ1) is 18.3. The van der Waals surface area contributed by atoms with Gasteiger partial charge in [0.2, 0.25) is 0 Å². The van der Waals surface area contributed by atoms with Crippen molar-refractivity contribution in [2.75, 3.05) is 6.61 Å². The van der Waals surface area contributed by atoms with Crippen molar-refractivity contribution >= 4 is 0 Å². The van der Waals surface area contributed by atoms with E-state index in [1.807, 2.05) is 0 Å². The highest BCUT2D eigenvalue weighted by Gasteiger charge is 2.59. The molecule has 0 spiro atoms. The van der Waals surface area contributed by atoms with Gasteiger partial charge in [-0.25, -0.2) is 0 Å². The van der Waals surface area contributed by atoms with Gasteiger partial charge in [-0.3, -0.25) is 0 Å². The van der Waals surface area contributed by atoms with Crippen LogP contribution < -0.4 is 0 Å². The Bertz CT molecular complexity index is 473. The largest absolute Gasteiger partial charge is 0.396 e. The van der Waals surface area contributed by atoms with Crippen molar-refractivity contribution < 1.29 is 5.11 Å². The van der Waals surface area contributed by atoms with E-state index in [-0.39, 0.29) is 0 Å². The Hall–Kier alpha value is -0.0400. The van der Waals surface area contributed by atoms with E-state index in [2.05, 4.69) is 20.8 Å². The number of aliphatic hydroxyl groups excluding tert-OH is 1. The zero-order chi connectivity index (χ0) is 17.7. The fourth-order valence-corrected chi connectivity index (χ4v) is 8.88. The van der Waals surface area contributed by atoms with Crippen LogP contribution in [0.15, 0.2) is 0 Å². The molecule has 0 saturated heterocycles. The number of fused-ring (bicyclic) bond motifs is 5. The summed E-state index contributed by atoms with van der Waals surface area (Å²) >= 11 is 0. The number of aliphatic hydroxyl groups is 1. The van der Waals surface area contributed by atoms with Gasteiger partial charge < -0.3 is 5.11 Å². The Balaban J connectivity index is 1.53. The van der Waals surface area contributed by atoms with Crippen LogP contribution in [0.3, 0.4) is 0 Å². The minimum absolute atomic E-state index is 0.377. The van der Waals surface area contributed by atoms with Crippen LogP contribution in [0.5, 0.6) is 0 Å². The Morgan fingerprint density at radius 2 is 1.68 bits per heavy atom. The summed E-state index contributed by atoms with van der Waals surface area (Å²) in [7, 11) is 0. The van der Waals surface area contributed by atoms with Crippen molar-refractivity contribution in [2.45, 2.75) is 97.8 Å². The molecule has 0 aromatic heterocycles. The predicted molar refractivity (Wildman–Crippen MR) is 105 cm³/mol. The molecule has 0 aromatic carbocycles. The zero-order valence-corrected chi connectivity index (χ0v) is 17.1. The van der Waals surface area contributed by atoms with Crippen molar-refractivity contribution in [1.29, 1.82) is 0 Å². The topological polar surface area (TPSA) is 20.2 Å². The Kier molecular flexibility index (Phi) is 5.02. The molecule has 4 rings (SSSR count). The average Bonchev–Trinajstić information content (AvgIpc) is 2.96. The molecule has 144 valence electrons. The summed E-state index contributed by atoms with van der Waals surface area (Å²) in [5.41, 5.74) is 1.29. The molecule has 8 atom stereocenters. The van der Waals surface area contributed by atoms with Gasteiger partial charge in [-0.05, 0) is 111 Å². The third-order valence-electron chi connectivity index (χ3n) is 10.2. The second kappa shape index (κ2) is 6.84. The molecule has 25 heavy (non-hydrogen) atoms. The SMILES string of the molecule is C[C@H](CCCO)C1CCC2C3CCC4CCCC[C@]4(C)C3CC[C@@]21C. The molecule has 4 aliphatic rings. The molecule has 0 aliphatic heterocycles. The summed E-state index contributed by atoms with van der Waals surface area (Å²) in [6.45, 7) is 8.24. The van der Waals surface area contributed by atoms with E-state index in [1.165, 1.54) is 64.2 Å². The Morgan fingerprint density at radius 1 is 0.880 bits per heavy atom. The molecule has 1 heteroatoms. The molecular formula is C24H42O. The van der Waals surface area contributed by atoms with E-state index < -0.39 is 0 Å². The van der Waals surface area contributed by atoms with Crippen LogP contribution in [0, 0.1) is 46.3 Å². The third kappa shape index (κ3) is 2.82. The van der Waals surface area contributed by atoms with Crippen LogP contribution >= 0.6 is 0 Å². The molecule has 1 N–H and O–H groups in total. The molecule has 4 fully saturated rings. The fraction of sp³-hybridized carbons (Fsp3) is 1.00. The van der Waals surface area contributed by atoms with E-state index in [0.29, 0.717) is 17.4 Å². The molecule has 4 aliphatic carbocycles. The molecule has 0 bridgehead atoms. The minimum Gasteiger partial charge on any atom is -0.396 e. The van der Waals surface area contributed by atoms with Crippen LogP contribution in [-0.2, 0) is 0 Å². The Morgan fingerprint density at radius 3 is 2.48 bits per heavy atom. The van der Waals surface area contributed by atoms with Crippen LogP contribution in [0.4, 0.5) is 0 Å². The highest BCUT2D eigenvalue weighted by atomic mass is 16.2. The first-order chi connectivity index (χ1) is 12.0. The summed E-state index contributed by atoms with van der Waals surface area (Å²) in [5.74, 6) is 5.85. The van der Waals surface area contributed by atoms with E-state index in [1.54, 1.807) is 6.42 Å². The lowest BCUT2D eigenvalue weighted by atomic mass is 9.44. The van der Waals surface area contributed by atoms with E-state index in [4.69, 9.17) is 0 Å². The zero-order valence-electron chi connectivity index (χ0n) is 17.1. The maximum atomic E-state index is 9.25. The average molecular weight is 347 g/mol. The van der Waals surface area contributed by atoms with Gasteiger partial charge in [0.15, 0.2) is 0 Å². The monoisotopic (exact) mass is 346 g/mol. The van der Waals surface area contributed by atoms with Gasteiger partial charge in [0.05, 0.1) is 0 Å². The fourth-order valence-electron chi connectivity index (χ4n) is 8.88. The molecule has 0 amide bonds. The second-order valence-corrected chi connectivity index (χ2v) is 11.0. The Labute approximate surface area is 156 Å². The first-order valence-electron chi connectivity index (χ1n) is 11.6. The smallest absolute Gasteiger partial charge is 0.0431 e. The van der Waals surface area contributed by atoms with E-state index >= 15 is 0 Å². The maximum Gasteiger partial charge on any atom is 0.0431 e. The normalized spacial score (nSPS) is 50.6. The summed E-state index contributed by atoms with van der Waals surface area (Å²) in [5, 5.41) is 9.25. The van der Waals surface area contributed by atoms with Gasteiger partial charge in [0, 0.05) is 6.61 Å². The molecule has 0 heterocycles. The number of hydrogen-bond acceptors (Lipinski definition) is 1. The van der Waals surface area contributed by atoms with Crippen molar-refractivity contribution in [1.82, 2.24) is 0 Å². The van der Waals surface area contributed by atoms with Gasteiger partial charge in [0.25, 0.3) is 0 Å². The van der Waals surface area contributed by atoms with Gasteiger partial charge in [0.1, 0.15) is 0 Å². The van der Waals surface area contributed by atoms with E-state index in [0.717, 1.165) is 41.9 Å². The van der Waals surface area contributed by atoms with E-state index in [9.17, 15) is 5.11 Å². The standard InChI is InChI=1S/C24H42O/c1-17(7-6-16-25)20-11-12-21-19-10-9-18-8-4-5-14-23(18,2)22(19)13-15-24(20,21)3/h17-22,25H,4-16H2,1-3H3/t17-,18?,19?,20?,21?,22?,23+,24-/m1/s1. The first-order valence-corrected chi connectivity index (χ1v) is 11.6. The van der Waals surface area contributed by atoms with Gasteiger partial charge >= 0.3 is 0 Å². The van der Waals surface area contributed by atoms with Crippen LogP contribution in [0.25, 0.3) is 0 Å². The molecule has 0 radical (unpaired) electrons. The summed E-state index contributed by atoms with van der Waals surface area (Å²) in [4.78, 5) is 0. The molecule has 5 unspecified atom stereocenters. The molecular weight excluding hydrogens is 304 g/mol. The van der Waals surface area contributed by atoms with Crippen molar-refractivity contribution in [2.24, 2.45) is 46.3 Å². The van der Waals surface area contributed by atoms with Crippen molar-refractivity contribution in [3.8, 4) is 0 Å². The summed E-state index contributed by atoms with van der Waals surface area (Å²) in [6.07, 6.45) is 17.4. The lowest BCUT2D eigenvalue weighted by molar-refractivity contribution is -0.114. The van der Waals surface area contributed by atoms with Gasteiger partial charge in [-0.1, -0.05) is 33.6 Å². The number of rotatable bonds is 4. The summed E-state index contributed by atoms with van der Waals surface area (Å²) in [6, 6.07) is 0. The minimum atomic E-state index is 0.377. The van der Waals surface area contributed by atoms with Gasteiger partial charge in [-0.2, -0.15) is 0 Å². The van der Waals surface area contributed by atoms with Gasteiger partial charge in [-0.15, -0.1) is 0 Å². The molecule has 1 nitrogen and oxygen atoms in total. The van der Waals surface area contributed by atoms with Crippen LogP contribution in [-0.4, -0.2) is 11.7 Å².